The van der Waals surface area contributed by atoms with Gasteiger partial charge >= 0.3 is 29.6 Å². The molecule has 9 nitrogen and oxygen atoms in total. The number of rotatable bonds is 7. The monoisotopic (exact) mass is 674 g/mol. The minimum Gasteiger partial charge on any atom is -0.545 e. The second-order valence-corrected chi connectivity index (χ2v) is 13.0. The summed E-state index contributed by atoms with van der Waals surface area (Å²) in [5.74, 6) is 0.544. The number of nitrogens with zero attached hydrogens (tertiary/aromatic N) is 5. The van der Waals surface area contributed by atoms with E-state index in [-0.39, 0.29) is 35.5 Å². The minimum absolute atomic E-state index is 0. The van der Waals surface area contributed by atoms with Crippen molar-refractivity contribution in [2.45, 2.75) is 56.4 Å². The second-order valence-electron chi connectivity index (χ2n) is 12.0. The zero-order valence-electron chi connectivity index (χ0n) is 25.6. The standard InChI is InChI=1S/C34H33BrN6O3.Na/c1-40-26-17-22(10-11-24(26)29(21-6-3-4-7-21)30(40)31-36-18-23(35)19-37-31)32(44)39-34(14-5-15-34)33-38-25-12-8-20(9-13-28(42)43)16-27(25)41(33)2;/h8-13,16-19,21H,3-7,14-15H2,1-2H3,(H,39,44)(H,42,43);/q;+1/p-1/b13-9+;. The summed E-state index contributed by atoms with van der Waals surface area (Å²) in [5, 5.41) is 15.4. The fourth-order valence-electron chi connectivity index (χ4n) is 7.07. The van der Waals surface area contributed by atoms with E-state index in [0.717, 1.165) is 81.7 Å². The van der Waals surface area contributed by atoms with Crippen molar-refractivity contribution in [1.82, 2.24) is 29.4 Å². The number of hydrogen-bond donors (Lipinski definition) is 1. The van der Waals surface area contributed by atoms with Gasteiger partial charge in [0.25, 0.3) is 5.91 Å². The number of amides is 1. The van der Waals surface area contributed by atoms with E-state index in [1.165, 1.54) is 24.5 Å². The van der Waals surface area contributed by atoms with Crippen LogP contribution < -0.4 is 40.0 Å². The van der Waals surface area contributed by atoms with Crippen molar-refractivity contribution in [3.63, 3.8) is 0 Å². The summed E-state index contributed by atoms with van der Waals surface area (Å²) >= 11 is 3.45. The zero-order chi connectivity index (χ0) is 30.6. The van der Waals surface area contributed by atoms with Gasteiger partial charge in [-0.05, 0) is 95.4 Å². The quantitative estimate of drug-likeness (QED) is 0.210. The number of hydrogen-bond acceptors (Lipinski definition) is 6. The summed E-state index contributed by atoms with van der Waals surface area (Å²) in [6.45, 7) is 0. The molecule has 0 atom stereocenters. The van der Waals surface area contributed by atoms with Crippen molar-refractivity contribution in [1.29, 1.82) is 0 Å². The molecule has 0 radical (unpaired) electrons. The Hall–Kier alpha value is -3.31. The van der Waals surface area contributed by atoms with Gasteiger partial charge in [0, 0.05) is 43.0 Å². The van der Waals surface area contributed by atoms with Gasteiger partial charge in [0.05, 0.1) is 32.7 Å². The normalized spacial score (nSPS) is 16.2. The fourth-order valence-corrected chi connectivity index (χ4v) is 7.27. The number of fused-ring (bicyclic) bond motifs is 2. The van der Waals surface area contributed by atoms with Crippen LogP contribution in [-0.4, -0.2) is 36.0 Å². The molecule has 0 aliphatic heterocycles. The molecular formula is C34H32BrN6NaO3. The van der Waals surface area contributed by atoms with Crippen molar-refractivity contribution >= 4 is 55.8 Å². The molecule has 2 aromatic carbocycles. The number of imidazole rings is 1. The van der Waals surface area contributed by atoms with Gasteiger partial charge in [-0.15, -0.1) is 0 Å². The van der Waals surface area contributed by atoms with Crippen LogP contribution in [0.1, 0.15) is 78.2 Å². The first-order valence-electron chi connectivity index (χ1n) is 15.0. The molecule has 3 aromatic heterocycles. The van der Waals surface area contributed by atoms with Crippen LogP contribution in [0.5, 0.6) is 0 Å². The number of aliphatic carboxylic acids is 1. The average molecular weight is 676 g/mol. The maximum absolute atomic E-state index is 13.9. The summed E-state index contributed by atoms with van der Waals surface area (Å²) in [5.41, 5.74) is 5.69. The van der Waals surface area contributed by atoms with Crippen LogP contribution in [0.25, 0.3) is 39.5 Å². The molecule has 7 rings (SSSR count). The maximum atomic E-state index is 13.9. The van der Waals surface area contributed by atoms with Crippen LogP contribution in [0.4, 0.5) is 0 Å². The van der Waals surface area contributed by atoms with Crippen molar-refractivity contribution < 1.29 is 44.3 Å². The summed E-state index contributed by atoms with van der Waals surface area (Å²) in [6, 6.07) is 11.6. The Morgan fingerprint density at radius 3 is 2.40 bits per heavy atom. The Morgan fingerprint density at radius 2 is 1.73 bits per heavy atom. The molecule has 3 heterocycles. The molecule has 1 N–H and O–H groups in total. The summed E-state index contributed by atoms with van der Waals surface area (Å²) in [4.78, 5) is 39.0. The average Bonchev–Trinajstić information content (AvgIpc) is 3.71. The third-order valence-corrected chi connectivity index (χ3v) is 9.81. The molecule has 0 bridgehead atoms. The second kappa shape index (κ2) is 12.5. The molecule has 0 saturated heterocycles. The Balaban J connectivity index is 0.00000357. The Labute approximate surface area is 291 Å². The van der Waals surface area contributed by atoms with E-state index in [0.29, 0.717) is 17.3 Å². The number of halogens is 1. The van der Waals surface area contributed by atoms with E-state index < -0.39 is 11.5 Å². The zero-order valence-corrected chi connectivity index (χ0v) is 29.2. The van der Waals surface area contributed by atoms with Crippen molar-refractivity contribution in [2.24, 2.45) is 14.1 Å². The predicted molar refractivity (Wildman–Crippen MR) is 171 cm³/mol. The first kappa shape index (κ1) is 31.7. The third kappa shape index (κ3) is 5.67. The largest absolute Gasteiger partial charge is 1.00 e. The van der Waals surface area contributed by atoms with Gasteiger partial charge in [0.1, 0.15) is 5.82 Å². The molecule has 2 saturated carbocycles. The molecule has 11 heteroatoms. The number of nitrogens with one attached hydrogen (secondary N) is 1. The first-order valence-corrected chi connectivity index (χ1v) is 15.8. The van der Waals surface area contributed by atoms with E-state index in [4.69, 9.17) is 4.98 Å². The van der Waals surface area contributed by atoms with Gasteiger partial charge in [-0.3, -0.25) is 4.79 Å². The number of carboxylic acid groups (broad SMARTS) is 1. The van der Waals surface area contributed by atoms with Gasteiger partial charge in [-0.1, -0.05) is 31.1 Å². The molecular weight excluding hydrogens is 643 g/mol. The van der Waals surface area contributed by atoms with Gasteiger partial charge in [-0.25, -0.2) is 15.0 Å². The van der Waals surface area contributed by atoms with Crippen molar-refractivity contribution in [3.8, 4) is 11.5 Å². The third-order valence-electron chi connectivity index (χ3n) is 9.40. The Kier molecular flexibility index (Phi) is 8.78. The molecule has 45 heavy (non-hydrogen) atoms. The van der Waals surface area contributed by atoms with Gasteiger partial charge < -0.3 is 24.4 Å². The molecule has 0 unspecified atom stereocenters. The van der Waals surface area contributed by atoms with E-state index in [2.05, 4.69) is 41.8 Å². The summed E-state index contributed by atoms with van der Waals surface area (Å²) in [6.07, 6.45) is 13.3. The number of aromatic nitrogens is 5. The Morgan fingerprint density at radius 1 is 1.00 bits per heavy atom. The molecule has 2 fully saturated rings. The SMILES string of the molecule is Cn1c(C2(NC(=O)c3ccc4c(C5CCCC5)c(-c5ncc(Br)cn5)n(C)c4c3)CCC2)nc2ccc(/C=C/C(=O)[O-])cc21.[Na+]. The summed E-state index contributed by atoms with van der Waals surface area (Å²) < 4.78 is 4.98. The molecule has 0 spiro atoms. The van der Waals surface area contributed by atoms with Crippen LogP contribution in [0.2, 0.25) is 0 Å². The van der Waals surface area contributed by atoms with Crippen LogP contribution in [-0.2, 0) is 24.4 Å². The van der Waals surface area contributed by atoms with E-state index >= 15 is 0 Å². The van der Waals surface area contributed by atoms with Crippen molar-refractivity contribution in [3.05, 3.63) is 81.9 Å². The number of aryl methyl sites for hydroxylation is 2. The van der Waals surface area contributed by atoms with E-state index in [9.17, 15) is 14.7 Å². The van der Waals surface area contributed by atoms with Gasteiger partial charge in [0.15, 0.2) is 5.82 Å². The van der Waals surface area contributed by atoms with E-state index in [1.54, 1.807) is 12.4 Å². The molecule has 2 aliphatic carbocycles. The van der Waals surface area contributed by atoms with Crippen LogP contribution in [0, 0.1) is 0 Å². The molecule has 1 amide bonds. The molecule has 2 aliphatic rings. The van der Waals surface area contributed by atoms with Crippen LogP contribution in [0.15, 0.2) is 59.3 Å². The predicted octanol–water partition coefficient (Wildman–Crippen LogP) is 2.52. The number of carboxylic acids is 1. The minimum atomic E-state index is -1.24. The molecule has 5 aromatic rings. The number of benzene rings is 2. The van der Waals surface area contributed by atoms with Crippen LogP contribution in [0.3, 0.4) is 0 Å². The van der Waals surface area contributed by atoms with Gasteiger partial charge in [-0.2, -0.15) is 0 Å². The fraction of sp³-hybridized carbons (Fsp3) is 0.324. The van der Waals surface area contributed by atoms with Crippen LogP contribution >= 0.6 is 15.9 Å². The maximum Gasteiger partial charge on any atom is 1.00 e. The smallest absolute Gasteiger partial charge is 0.545 e. The topological polar surface area (TPSA) is 118 Å². The number of carbonyl (C=O) groups excluding carboxylic acids is 2. The van der Waals surface area contributed by atoms with E-state index in [1.807, 2.05) is 49.0 Å². The summed E-state index contributed by atoms with van der Waals surface area (Å²) in [7, 11) is 3.97. The number of carbonyl (C=O) groups is 2. The van der Waals surface area contributed by atoms with Gasteiger partial charge in [0.2, 0.25) is 0 Å². The van der Waals surface area contributed by atoms with Crippen molar-refractivity contribution in [2.75, 3.05) is 0 Å². The Bertz CT molecular complexity index is 1970. The first-order chi connectivity index (χ1) is 21.2. The molecule has 224 valence electrons.